The zero-order valence-corrected chi connectivity index (χ0v) is 17.4. The Morgan fingerprint density at radius 2 is 1.84 bits per heavy atom. The summed E-state index contributed by atoms with van der Waals surface area (Å²) in [4.78, 5) is 39.5. The van der Waals surface area contributed by atoms with E-state index in [1.54, 1.807) is 16.8 Å². The number of non-ortho nitro benzene ring substituents is 1. The van der Waals surface area contributed by atoms with E-state index in [0.717, 1.165) is 5.56 Å². The summed E-state index contributed by atoms with van der Waals surface area (Å²) < 4.78 is 3.04. The molecule has 0 aliphatic heterocycles. The maximum absolute atomic E-state index is 12.8. The number of carbonyl (C=O) groups is 1. The standard InChI is InChI=1S/C21H17ClN6O4/c22-16-5-1-14(2-6-16)12-26-13-24-19-18(21(26)30)11-25-27(19)10-9-23-20(29)15-3-7-17(8-4-15)28(31)32/h1-8,11,13H,9-10,12H2,(H,23,29). The van der Waals surface area contributed by atoms with Crippen molar-refractivity contribution in [2.24, 2.45) is 0 Å². The zero-order valence-electron chi connectivity index (χ0n) is 16.6. The molecule has 2 aromatic heterocycles. The minimum absolute atomic E-state index is 0.0858. The maximum Gasteiger partial charge on any atom is 0.269 e. The Hall–Kier alpha value is -4.05. The fourth-order valence-electron chi connectivity index (χ4n) is 3.17. The van der Waals surface area contributed by atoms with Gasteiger partial charge in [-0.2, -0.15) is 5.10 Å². The number of hydrogen-bond acceptors (Lipinski definition) is 6. The van der Waals surface area contributed by atoms with Crippen molar-refractivity contribution in [2.75, 3.05) is 6.54 Å². The lowest BCUT2D eigenvalue weighted by Gasteiger charge is -2.08. The van der Waals surface area contributed by atoms with Crippen molar-refractivity contribution in [3.05, 3.63) is 97.7 Å². The summed E-state index contributed by atoms with van der Waals surface area (Å²) in [6.07, 6.45) is 2.92. The SMILES string of the molecule is O=C(NCCn1ncc2c(=O)n(Cc3ccc(Cl)cc3)cnc21)c1ccc([N+](=O)[O-])cc1. The Morgan fingerprint density at radius 3 is 2.53 bits per heavy atom. The van der Waals surface area contributed by atoms with Crippen LogP contribution < -0.4 is 10.9 Å². The molecule has 0 spiro atoms. The highest BCUT2D eigenvalue weighted by Gasteiger charge is 2.12. The molecule has 4 rings (SSSR count). The molecule has 2 aromatic carbocycles. The van der Waals surface area contributed by atoms with E-state index < -0.39 is 4.92 Å². The van der Waals surface area contributed by atoms with E-state index >= 15 is 0 Å². The summed E-state index contributed by atoms with van der Waals surface area (Å²) in [5, 5.41) is 18.6. The molecule has 0 fully saturated rings. The first-order valence-corrected chi connectivity index (χ1v) is 9.98. The van der Waals surface area contributed by atoms with Gasteiger partial charge in [0.05, 0.1) is 24.2 Å². The Kier molecular flexibility index (Phi) is 5.95. The minimum Gasteiger partial charge on any atom is -0.350 e. The van der Waals surface area contributed by atoms with Crippen LogP contribution in [0.25, 0.3) is 11.0 Å². The van der Waals surface area contributed by atoms with Crippen LogP contribution in [0.1, 0.15) is 15.9 Å². The molecule has 162 valence electrons. The average Bonchev–Trinajstić information content (AvgIpc) is 3.21. The van der Waals surface area contributed by atoms with E-state index in [-0.39, 0.29) is 23.7 Å². The summed E-state index contributed by atoms with van der Waals surface area (Å²) >= 11 is 5.90. The number of nitro benzene ring substituents is 1. The van der Waals surface area contributed by atoms with E-state index in [0.29, 0.717) is 34.7 Å². The van der Waals surface area contributed by atoms with Gasteiger partial charge in [-0.1, -0.05) is 23.7 Å². The van der Waals surface area contributed by atoms with E-state index in [9.17, 15) is 19.7 Å². The van der Waals surface area contributed by atoms with Gasteiger partial charge in [-0.3, -0.25) is 24.3 Å². The molecule has 10 nitrogen and oxygen atoms in total. The lowest BCUT2D eigenvalue weighted by Crippen LogP contribution is -2.27. The molecule has 0 radical (unpaired) electrons. The van der Waals surface area contributed by atoms with E-state index in [1.807, 2.05) is 12.1 Å². The molecule has 11 heteroatoms. The molecule has 4 aromatic rings. The number of nitrogens with one attached hydrogen (secondary N) is 1. The number of fused-ring (bicyclic) bond motifs is 1. The lowest BCUT2D eigenvalue weighted by atomic mass is 10.2. The van der Waals surface area contributed by atoms with Gasteiger partial charge >= 0.3 is 0 Å². The van der Waals surface area contributed by atoms with Crippen LogP contribution in [0, 0.1) is 10.1 Å². The van der Waals surface area contributed by atoms with Crippen molar-refractivity contribution in [1.82, 2.24) is 24.6 Å². The van der Waals surface area contributed by atoms with Gasteiger partial charge in [0.15, 0.2) is 5.65 Å². The second-order valence-corrected chi connectivity index (χ2v) is 7.41. The second-order valence-electron chi connectivity index (χ2n) is 6.97. The molecule has 2 heterocycles. The molecular formula is C21H17ClN6O4. The number of aromatic nitrogens is 4. The van der Waals surface area contributed by atoms with Crippen LogP contribution in [0.3, 0.4) is 0 Å². The van der Waals surface area contributed by atoms with Gasteiger partial charge in [0.2, 0.25) is 0 Å². The smallest absolute Gasteiger partial charge is 0.269 e. The van der Waals surface area contributed by atoms with E-state index in [4.69, 9.17) is 11.6 Å². The normalized spacial score (nSPS) is 10.9. The first kappa shape index (κ1) is 21.2. The number of nitro groups is 1. The lowest BCUT2D eigenvalue weighted by molar-refractivity contribution is -0.384. The van der Waals surface area contributed by atoms with Crippen molar-refractivity contribution >= 4 is 34.2 Å². The molecule has 0 aliphatic carbocycles. The Bertz CT molecular complexity index is 1350. The molecule has 0 saturated heterocycles. The van der Waals surface area contributed by atoms with Gasteiger partial charge in [0.25, 0.3) is 17.2 Å². The fourth-order valence-corrected chi connectivity index (χ4v) is 3.30. The van der Waals surface area contributed by atoms with Gasteiger partial charge in [-0.25, -0.2) is 9.67 Å². The van der Waals surface area contributed by atoms with Gasteiger partial charge in [-0.05, 0) is 29.8 Å². The third-order valence-corrected chi connectivity index (χ3v) is 5.09. The first-order chi connectivity index (χ1) is 15.4. The fraction of sp³-hybridized carbons (Fsp3) is 0.143. The Labute approximate surface area is 186 Å². The quantitative estimate of drug-likeness (QED) is 0.339. The highest BCUT2D eigenvalue weighted by molar-refractivity contribution is 6.30. The van der Waals surface area contributed by atoms with Crippen LogP contribution in [0.4, 0.5) is 5.69 Å². The molecule has 0 saturated carbocycles. The molecule has 0 aliphatic rings. The van der Waals surface area contributed by atoms with Gasteiger partial charge in [0.1, 0.15) is 11.7 Å². The van der Waals surface area contributed by atoms with Crippen LogP contribution in [-0.4, -0.2) is 36.7 Å². The van der Waals surface area contributed by atoms with Gasteiger partial charge in [-0.15, -0.1) is 0 Å². The third kappa shape index (κ3) is 4.49. The highest BCUT2D eigenvalue weighted by atomic mass is 35.5. The molecule has 0 unspecified atom stereocenters. The van der Waals surface area contributed by atoms with Crippen LogP contribution >= 0.6 is 11.6 Å². The maximum atomic E-state index is 12.8. The molecule has 1 amide bonds. The minimum atomic E-state index is -0.527. The van der Waals surface area contributed by atoms with Crippen molar-refractivity contribution in [2.45, 2.75) is 13.1 Å². The highest BCUT2D eigenvalue weighted by Crippen LogP contribution is 2.13. The predicted molar refractivity (Wildman–Crippen MR) is 118 cm³/mol. The summed E-state index contributed by atoms with van der Waals surface area (Å²) in [6, 6.07) is 12.5. The Balaban J connectivity index is 1.42. The number of benzene rings is 2. The van der Waals surface area contributed by atoms with Crippen LogP contribution in [-0.2, 0) is 13.1 Å². The Morgan fingerprint density at radius 1 is 1.12 bits per heavy atom. The number of halogens is 1. The topological polar surface area (TPSA) is 125 Å². The molecule has 1 N–H and O–H groups in total. The number of rotatable bonds is 7. The van der Waals surface area contributed by atoms with Crippen LogP contribution in [0.5, 0.6) is 0 Å². The number of carbonyl (C=O) groups excluding carboxylic acids is 1. The largest absolute Gasteiger partial charge is 0.350 e. The molecular weight excluding hydrogens is 436 g/mol. The number of nitrogens with zero attached hydrogens (tertiary/aromatic N) is 5. The first-order valence-electron chi connectivity index (χ1n) is 9.60. The number of amides is 1. The third-order valence-electron chi connectivity index (χ3n) is 4.84. The van der Waals surface area contributed by atoms with Crippen molar-refractivity contribution in [1.29, 1.82) is 0 Å². The zero-order chi connectivity index (χ0) is 22.7. The molecule has 32 heavy (non-hydrogen) atoms. The van der Waals surface area contributed by atoms with Crippen molar-refractivity contribution < 1.29 is 9.72 Å². The van der Waals surface area contributed by atoms with E-state index in [1.165, 1.54) is 41.4 Å². The summed E-state index contributed by atoms with van der Waals surface area (Å²) in [7, 11) is 0. The van der Waals surface area contributed by atoms with Crippen molar-refractivity contribution in [3.8, 4) is 0 Å². The predicted octanol–water partition coefficient (Wildman–Crippen LogP) is 2.63. The summed E-state index contributed by atoms with van der Waals surface area (Å²) in [5.41, 5.74) is 1.35. The van der Waals surface area contributed by atoms with Crippen LogP contribution in [0.15, 0.2) is 65.8 Å². The monoisotopic (exact) mass is 452 g/mol. The molecule has 0 atom stereocenters. The second kappa shape index (κ2) is 8.98. The summed E-state index contributed by atoms with van der Waals surface area (Å²) in [5.74, 6) is -0.366. The molecule has 0 bridgehead atoms. The van der Waals surface area contributed by atoms with Gasteiger partial charge in [0, 0.05) is 29.3 Å². The van der Waals surface area contributed by atoms with Crippen molar-refractivity contribution in [3.63, 3.8) is 0 Å². The summed E-state index contributed by atoms with van der Waals surface area (Å²) in [6.45, 7) is 0.896. The van der Waals surface area contributed by atoms with Gasteiger partial charge < -0.3 is 5.32 Å². The average molecular weight is 453 g/mol. The number of hydrogen-bond donors (Lipinski definition) is 1. The van der Waals surface area contributed by atoms with Crippen LogP contribution in [0.2, 0.25) is 5.02 Å². The van der Waals surface area contributed by atoms with E-state index in [2.05, 4.69) is 15.4 Å².